The minimum absolute atomic E-state index is 0.140. The van der Waals surface area contributed by atoms with E-state index in [0.29, 0.717) is 19.0 Å². The van der Waals surface area contributed by atoms with Crippen molar-refractivity contribution in [3.8, 4) is 0 Å². The van der Waals surface area contributed by atoms with Crippen LogP contribution in [0.5, 0.6) is 0 Å². The molecule has 5 heteroatoms. The fourth-order valence-electron chi connectivity index (χ4n) is 4.27. The molecule has 3 rings (SSSR count). The third-order valence-electron chi connectivity index (χ3n) is 5.90. The molecule has 1 aromatic carbocycles. The molecule has 5 nitrogen and oxygen atoms in total. The maximum Gasteiger partial charge on any atom is 0.241 e. The molecule has 148 valence electrons. The van der Waals surface area contributed by atoms with Gasteiger partial charge in [0.2, 0.25) is 11.8 Å². The number of amides is 2. The van der Waals surface area contributed by atoms with Gasteiger partial charge in [-0.15, -0.1) is 0 Å². The van der Waals surface area contributed by atoms with E-state index in [1.165, 1.54) is 12.8 Å². The van der Waals surface area contributed by atoms with Gasteiger partial charge in [-0.3, -0.25) is 14.5 Å². The first kappa shape index (κ1) is 19.9. The summed E-state index contributed by atoms with van der Waals surface area (Å²) in [7, 11) is 0. The molecule has 2 aliphatic rings. The summed E-state index contributed by atoms with van der Waals surface area (Å²) in [5.41, 5.74) is 0.955. The van der Waals surface area contributed by atoms with Crippen molar-refractivity contribution in [3.63, 3.8) is 0 Å². The van der Waals surface area contributed by atoms with E-state index in [4.69, 9.17) is 0 Å². The van der Waals surface area contributed by atoms with Crippen molar-refractivity contribution < 1.29 is 9.59 Å². The van der Waals surface area contributed by atoms with Gasteiger partial charge in [0, 0.05) is 31.2 Å². The molecule has 2 amide bonds. The Morgan fingerprint density at radius 1 is 0.963 bits per heavy atom. The molecular weight excluding hydrogens is 338 g/mol. The van der Waals surface area contributed by atoms with Crippen molar-refractivity contribution in [1.29, 1.82) is 0 Å². The van der Waals surface area contributed by atoms with Crippen molar-refractivity contribution in [2.75, 3.05) is 44.2 Å². The summed E-state index contributed by atoms with van der Waals surface area (Å²) >= 11 is 0. The highest BCUT2D eigenvalue weighted by Gasteiger charge is 2.30. The number of carbonyl (C=O) groups is 2. The Hall–Kier alpha value is -1.88. The first-order chi connectivity index (χ1) is 13.2. The van der Waals surface area contributed by atoms with Gasteiger partial charge >= 0.3 is 0 Å². The second-order valence-electron chi connectivity index (χ2n) is 7.76. The van der Waals surface area contributed by atoms with Crippen LogP contribution in [0.25, 0.3) is 0 Å². The average Bonchev–Trinajstić information content (AvgIpc) is 2.99. The maximum absolute atomic E-state index is 12.8. The monoisotopic (exact) mass is 371 g/mol. The molecule has 0 N–H and O–H groups in total. The summed E-state index contributed by atoms with van der Waals surface area (Å²) in [6, 6.07) is 9.85. The molecule has 1 aromatic rings. The van der Waals surface area contributed by atoms with Gasteiger partial charge in [-0.05, 0) is 57.8 Å². The van der Waals surface area contributed by atoms with Crippen LogP contribution in [0.2, 0.25) is 0 Å². The molecule has 27 heavy (non-hydrogen) atoms. The van der Waals surface area contributed by atoms with Gasteiger partial charge in [0.1, 0.15) is 0 Å². The molecule has 0 spiro atoms. The van der Waals surface area contributed by atoms with Crippen molar-refractivity contribution in [3.05, 3.63) is 30.3 Å². The average molecular weight is 372 g/mol. The third kappa shape index (κ3) is 5.32. The lowest BCUT2D eigenvalue weighted by atomic mass is 9.95. The fraction of sp³-hybridized carbons (Fsp3) is 0.636. The van der Waals surface area contributed by atoms with Crippen LogP contribution >= 0.6 is 0 Å². The maximum atomic E-state index is 12.8. The van der Waals surface area contributed by atoms with Crippen LogP contribution in [0.4, 0.5) is 5.69 Å². The lowest BCUT2D eigenvalue weighted by Gasteiger charge is -2.34. The number of rotatable bonds is 5. The molecule has 2 saturated heterocycles. The summed E-state index contributed by atoms with van der Waals surface area (Å²) in [6.45, 7) is 6.65. The molecule has 0 unspecified atom stereocenters. The predicted octanol–water partition coefficient (Wildman–Crippen LogP) is 3.15. The Morgan fingerprint density at radius 3 is 2.19 bits per heavy atom. The zero-order valence-corrected chi connectivity index (χ0v) is 16.6. The molecule has 2 heterocycles. The number of anilines is 1. The van der Waals surface area contributed by atoms with Crippen molar-refractivity contribution in [2.24, 2.45) is 5.92 Å². The minimum atomic E-state index is 0.140. The van der Waals surface area contributed by atoms with Crippen LogP contribution < -0.4 is 4.90 Å². The number of likely N-dealkylation sites (tertiary alicyclic amines) is 2. The molecular formula is C22H33N3O2. The van der Waals surface area contributed by atoms with E-state index in [0.717, 1.165) is 57.5 Å². The number of nitrogens with zero attached hydrogens (tertiary/aromatic N) is 3. The number of carbonyl (C=O) groups excluding carboxylic acids is 2. The topological polar surface area (TPSA) is 43.9 Å². The Bertz CT molecular complexity index is 603. The van der Waals surface area contributed by atoms with E-state index < -0.39 is 0 Å². The van der Waals surface area contributed by atoms with E-state index in [1.807, 2.05) is 42.2 Å². The van der Waals surface area contributed by atoms with Crippen LogP contribution in [-0.4, -0.2) is 60.9 Å². The fourth-order valence-corrected chi connectivity index (χ4v) is 4.27. The van der Waals surface area contributed by atoms with E-state index >= 15 is 0 Å². The van der Waals surface area contributed by atoms with Crippen molar-refractivity contribution in [2.45, 2.75) is 45.4 Å². The van der Waals surface area contributed by atoms with Crippen LogP contribution in [0.1, 0.15) is 45.4 Å². The summed E-state index contributed by atoms with van der Waals surface area (Å²) in [4.78, 5) is 31.7. The molecule has 0 saturated carbocycles. The lowest BCUT2D eigenvalue weighted by Crippen LogP contribution is -2.46. The van der Waals surface area contributed by atoms with Gasteiger partial charge < -0.3 is 9.80 Å². The Kier molecular flexibility index (Phi) is 7.27. The predicted molar refractivity (Wildman–Crippen MR) is 109 cm³/mol. The smallest absolute Gasteiger partial charge is 0.241 e. The molecule has 0 aliphatic carbocycles. The van der Waals surface area contributed by atoms with E-state index in [1.54, 1.807) is 0 Å². The standard InChI is InChI=1S/C22H33N3O2/c1-2-25(20-10-6-5-7-11-20)21(26)18-23-16-12-19(13-17-23)22(27)24-14-8-3-4-9-15-24/h5-7,10-11,19H,2-4,8-9,12-18H2,1H3. The summed E-state index contributed by atoms with van der Waals surface area (Å²) in [6.07, 6.45) is 6.54. The first-order valence-corrected chi connectivity index (χ1v) is 10.6. The van der Waals surface area contributed by atoms with Crippen LogP contribution in [-0.2, 0) is 9.59 Å². The number of likely N-dealkylation sites (N-methyl/N-ethyl adjacent to an activating group) is 1. The van der Waals surface area contributed by atoms with E-state index in [2.05, 4.69) is 9.80 Å². The largest absolute Gasteiger partial charge is 0.342 e. The van der Waals surface area contributed by atoms with Gasteiger partial charge in [-0.25, -0.2) is 0 Å². The molecule has 2 aliphatic heterocycles. The molecule has 2 fully saturated rings. The highest BCUT2D eigenvalue weighted by atomic mass is 16.2. The van der Waals surface area contributed by atoms with Gasteiger partial charge in [0.15, 0.2) is 0 Å². The molecule has 0 aromatic heterocycles. The van der Waals surface area contributed by atoms with Crippen LogP contribution in [0.3, 0.4) is 0 Å². The van der Waals surface area contributed by atoms with Gasteiger partial charge in [0.25, 0.3) is 0 Å². The van der Waals surface area contributed by atoms with Crippen molar-refractivity contribution >= 4 is 17.5 Å². The Labute approximate surface area is 163 Å². The number of piperidine rings is 1. The quantitative estimate of drug-likeness (QED) is 0.799. The number of hydrogen-bond donors (Lipinski definition) is 0. The zero-order valence-electron chi connectivity index (χ0n) is 16.6. The SMILES string of the molecule is CCN(C(=O)CN1CCC(C(=O)N2CCCCCC2)CC1)c1ccccc1. The van der Waals surface area contributed by atoms with Gasteiger partial charge in [0.05, 0.1) is 6.54 Å². The van der Waals surface area contributed by atoms with E-state index in [-0.39, 0.29) is 11.8 Å². The summed E-state index contributed by atoms with van der Waals surface area (Å²) in [5.74, 6) is 0.634. The number of hydrogen-bond acceptors (Lipinski definition) is 3. The normalized spacial score (nSPS) is 19.5. The van der Waals surface area contributed by atoms with Crippen LogP contribution in [0.15, 0.2) is 30.3 Å². The second kappa shape index (κ2) is 9.88. The Balaban J connectivity index is 1.48. The van der Waals surface area contributed by atoms with Crippen molar-refractivity contribution in [1.82, 2.24) is 9.80 Å². The van der Waals surface area contributed by atoms with E-state index in [9.17, 15) is 9.59 Å². The van der Waals surface area contributed by atoms with Gasteiger partial charge in [-0.1, -0.05) is 31.0 Å². The number of para-hydroxylation sites is 1. The highest BCUT2D eigenvalue weighted by Crippen LogP contribution is 2.22. The molecule has 0 radical (unpaired) electrons. The third-order valence-corrected chi connectivity index (χ3v) is 5.90. The highest BCUT2D eigenvalue weighted by molar-refractivity contribution is 5.94. The lowest BCUT2D eigenvalue weighted by molar-refractivity contribution is -0.137. The molecule has 0 atom stereocenters. The zero-order chi connectivity index (χ0) is 19.1. The first-order valence-electron chi connectivity index (χ1n) is 10.6. The second-order valence-corrected chi connectivity index (χ2v) is 7.76. The summed E-state index contributed by atoms with van der Waals surface area (Å²) in [5, 5.41) is 0. The number of benzene rings is 1. The van der Waals surface area contributed by atoms with Crippen LogP contribution in [0, 0.1) is 5.92 Å². The summed E-state index contributed by atoms with van der Waals surface area (Å²) < 4.78 is 0. The van der Waals surface area contributed by atoms with Gasteiger partial charge in [-0.2, -0.15) is 0 Å². The molecule has 0 bridgehead atoms. The Morgan fingerprint density at radius 2 is 1.59 bits per heavy atom. The minimum Gasteiger partial charge on any atom is -0.342 e.